The molecule has 158 valence electrons. The number of sulfonamides is 1. The van der Waals surface area contributed by atoms with E-state index < -0.39 is 10.0 Å². The predicted molar refractivity (Wildman–Crippen MR) is 110 cm³/mol. The van der Waals surface area contributed by atoms with Crippen molar-refractivity contribution >= 4 is 21.7 Å². The summed E-state index contributed by atoms with van der Waals surface area (Å²) >= 11 is 0. The third-order valence-corrected chi connectivity index (χ3v) is 5.54. The van der Waals surface area contributed by atoms with E-state index in [2.05, 4.69) is 20.3 Å². The maximum Gasteiger partial charge on any atom is 0.230 e. The Morgan fingerprint density at radius 1 is 1.27 bits per heavy atom. The molecule has 1 fully saturated rings. The summed E-state index contributed by atoms with van der Waals surface area (Å²) in [5, 5.41) is 8.16. The fraction of sp³-hybridized carbons (Fsp3) is 0.350. The number of benzene rings is 1. The molecule has 1 heterocycles. The van der Waals surface area contributed by atoms with E-state index in [1.807, 2.05) is 0 Å². The number of anilines is 2. The predicted octanol–water partition coefficient (Wildman–Crippen LogP) is 3.05. The Bertz CT molecular complexity index is 1100. The first-order chi connectivity index (χ1) is 14.4. The topological polar surface area (TPSA) is 120 Å². The second kappa shape index (κ2) is 8.49. The lowest BCUT2D eigenvalue weighted by atomic mass is 9.97. The van der Waals surface area contributed by atoms with Gasteiger partial charge in [0.15, 0.2) is 0 Å². The van der Waals surface area contributed by atoms with Crippen molar-refractivity contribution in [2.24, 2.45) is 11.1 Å². The van der Waals surface area contributed by atoms with Crippen molar-refractivity contribution in [3.05, 3.63) is 65.7 Å². The zero-order chi connectivity index (χ0) is 21.1. The number of hydrogen-bond acceptors (Lipinski definition) is 7. The van der Waals surface area contributed by atoms with Crippen LogP contribution < -0.4 is 10.5 Å². The average molecular weight is 431 g/mol. The molecule has 1 saturated carbocycles. The van der Waals surface area contributed by atoms with Crippen molar-refractivity contribution in [2.45, 2.75) is 30.9 Å². The molecule has 0 bridgehead atoms. The first-order valence-electron chi connectivity index (χ1n) is 9.61. The molecule has 0 saturated heterocycles. The molecular weight excluding hydrogens is 409 g/mol. The number of rotatable bonds is 8. The lowest BCUT2D eigenvalue weighted by Gasteiger charge is -2.21. The Morgan fingerprint density at radius 2 is 2.10 bits per heavy atom. The van der Waals surface area contributed by atoms with Gasteiger partial charge in [-0.1, -0.05) is 12.1 Å². The van der Waals surface area contributed by atoms with Crippen LogP contribution >= 0.6 is 0 Å². The lowest BCUT2D eigenvalue weighted by molar-refractivity contribution is 0.177. The van der Waals surface area contributed by atoms with Crippen molar-refractivity contribution in [1.82, 2.24) is 15.0 Å². The van der Waals surface area contributed by atoms with Crippen molar-refractivity contribution < 1.29 is 17.5 Å². The summed E-state index contributed by atoms with van der Waals surface area (Å²) in [6.07, 6.45) is 6.94. The number of nitrogens with zero attached hydrogens (tertiary/aromatic N) is 3. The quantitative estimate of drug-likeness (QED) is 0.659. The highest BCUT2D eigenvalue weighted by atomic mass is 32.2. The molecule has 10 heteroatoms. The standard InChI is InChI=1S/C20H22FN5O3S/c21-15-6-7-17(18(9-15)29-10-13-4-5-13)19-23-12-24-20(26-19)25-16-3-1-2-14(8-16)11-30(22,27)28/h1-3,6,8-9,12-13,17H,4-5,7,10-11H2,(H2,22,27,28)(H,23,24,25,26). The van der Waals surface area contributed by atoms with Crippen molar-refractivity contribution in [3.63, 3.8) is 0 Å². The molecule has 8 nitrogen and oxygen atoms in total. The van der Waals surface area contributed by atoms with Crippen LogP contribution in [0, 0.1) is 5.92 Å². The van der Waals surface area contributed by atoms with E-state index in [-0.39, 0.29) is 17.5 Å². The molecule has 0 amide bonds. The molecule has 2 aliphatic rings. The molecule has 4 rings (SSSR count). The van der Waals surface area contributed by atoms with E-state index in [9.17, 15) is 12.8 Å². The highest BCUT2D eigenvalue weighted by Gasteiger charge is 2.28. The van der Waals surface area contributed by atoms with Gasteiger partial charge in [-0.3, -0.25) is 0 Å². The highest BCUT2D eigenvalue weighted by Crippen LogP contribution is 2.36. The minimum atomic E-state index is -3.63. The Kier molecular flexibility index (Phi) is 5.78. The average Bonchev–Trinajstić information content (AvgIpc) is 3.50. The summed E-state index contributed by atoms with van der Waals surface area (Å²) in [6.45, 7) is 0.572. The molecule has 1 atom stereocenters. The van der Waals surface area contributed by atoms with Crippen LogP contribution in [0.1, 0.15) is 36.6 Å². The van der Waals surface area contributed by atoms with E-state index in [1.54, 1.807) is 24.3 Å². The number of primary sulfonamides is 1. The zero-order valence-corrected chi connectivity index (χ0v) is 17.0. The maximum absolute atomic E-state index is 13.8. The van der Waals surface area contributed by atoms with E-state index in [0.717, 1.165) is 12.8 Å². The van der Waals surface area contributed by atoms with Crippen molar-refractivity contribution in [3.8, 4) is 0 Å². The third-order valence-electron chi connectivity index (χ3n) is 4.81. The van der Waals surface area contributed by atoms with Gasteiger partial charge in [-0.25, -0.2) is 27.9 Å². The zero-order valence-electron chi connectivity index (χ0n) is 16.2. The Balaban J connectivity index is 1.51. The molecule has 30 heavy (non-hydrogen) atoms. The van der Waals surface area contributed by atoms with Gasteiger partial charge >= 0.3 is 0 Å². The number of halogens is 1. The molecule has 2 aliphatic carbocycles. The summed E-state index contributed by atoms with van der Waals surface area (Å²) < 4.78 is 42.3. The van der Waals surface area contributed by atoms with Gasteiger partial charge in [-0.05, 0) is 49.0 Å². The van der Waals surface area contributed by atoms with E-state index >= 15 is 0 Å². The van der Waals surface area contributed by atoms with Gasteiger partial charge in [-0.2, -0.15) is 4.98 Å². The van der Waals surface area contributed by atoms with Gasteiger partial charge in [-0.15, -0.1) is 0 Å². The number of nitrogens with one attached hydrogen (secondary N) is 1. The summed E-state index contributed by atoms with van der Waals surface area (Å²) in [5.74, 6) is 0.951. The Hall–Kier alpha value is -2.85. The molecule has 1 unspecified atom stereocenters. The molecule has 2 aromatic rings. The number of ether oxygens (including phenoxy) is 1. The van der Waals surface area contributed by atoms with E-state index in [0.29, 0.717) is 47.7 Å². The second-order valence-corrected chi connectivity index (χ2v) is 9.09. The van der Waals surface area contributed by atoms with Crippen LogP contribution in [0.25, 0.3) is 0 Å². The molecule has 0 aliphatic heterocycles. The lowest BCUT2D eigenvalue weighted by Crippen LogP contribution is -2.15. The number of aromatic nitrogens is 3. The van der Waals surface area contributed by atoms with Gasteiger partial charge in [0.05, 0.1) is 18.3 Å². The Morgan fingerprint density at radius 3 is 2.87 bits per heavy atom. The van der Waals surface area contributed by atoms with Crippen LogP contribution in [-0.2, 0) is 20.5 Å². The van der Waals surface area contributed by atoms with Gasteiger partial charge in [0.2, 0.25) is 16.0 Å². The third kappa shape index (κ3) is 5.61. The van der Waals surface area contributed by atoms with Crippen LogP contribution in [0.15, 0.2) is 54.3 Å². The van der Waals surface area contributed by atoms with Gasteiger partial charge in [0, 0.05) is 11.8 Å². The van der Waals surface area contributed by atoms with Crippen molar-refractivity contribution in [2.75, 3.05) is 11.9 Å². The molecule has 0 spiro atoms. The van der Waals surface area contributed by atoms with Crippen molar-refractivity contribution in [1.29, 1.82) is 0 Å². The second-order valence-electron chi connectivity index (χ2n) is 7.48. The van der Waals surface area contributed by atoms with Gasteiger partial charge < -0.3 is 10.1 Å². The largest absolute Gasteiger partial charge is 0.497 e. The van der Waals surface area contributed by atoms with Crippen LogP contribution in [0.4, 0.5) is 16.0 Å². The van der Waals surface area contributed by atoms with Crippen LogP contribution in [0.5, 0.6) is 0 Å². The van der Waals surface area contributed by atoms with E-state index in [4.69, 9.17) is 9.88 Å². The molecule has 1 aromatic carbocycles. The van der Waals surface area contributed by atoms with Gasteiger partial charge in [0.25, 0.3) is 0 Å². The summed E-state index contributed by atoms with van der Waals surface area (Å²) in [5.41, 5.74) is 1.16. The smallest absolute Gasteiger partial charge is 0.230 e. The Labute approximate surface area is 174 Å². The first-order valence-corrected chi connectivity index (χ1v) is 11.3. The minimum absolute atomic E-state index is 0.266. The normalized spacial score (nSPS) is 19.1. The van der Waals surface area contributed by atoms with Crippen LogP contribution in [0.2, 0.25) is 0 Å². The number of allylic oxidation sites excluding steroid dienone is 4. The maximum atomic E-state index is 13.8. The summed E-state index contributed by atoms with van der Waals surface area (Å²) in [4.78, 5) is 12.9. The molecule has 3 N–H and O–H groups in total. The highest BCUT2D eigenvalue weighted by molar-refractivity contribution is 7.88. The van der Waals surface area contributed by atoms with Crippen LogP contribution in [-0.4, -0.2) is 30.0 Å². The van der Waals surface area contributed by atoms with Gasteiger partial charge in [0.1, 0.15) is 23.7 Å². The summed E-state index contributed by atoms with van der Waals surface area (Å²) in [7, 11) is -3.63. The fourth-order valence-corrected chi connectivity index (χ4v) is 3.80. The monoisotopic (exact) mass is 431 g/mol. The molecular formula is C20H22FN5O3S. The SMILES string of the molecule is NS(=O)(=O)Cc1cccc(Nc2ncnc(C3CC=C(F)C=C3OCC3CC3)n2)c1. The molecule has 0 radical (unpaired) electrons. The first kappa shape index (κ1) is 20.4. The van der Waals surface area contributed by atoms with Crippen LogP contribution in [0.3, 0.4) is 0 Å². The number of hydrogen-bond donors (Lipinski definition) is 2. The number of nitrogens with two attached hydrogens (primary N) is 1. The van der Waals surface area contributed by atoms with E-state index in [1.165, 1.54) is 18.5 Å². The molecule has 1 aromatic heterocycles. The fourth-order valence-electron chi connectivity index (χ4n) is 3.15. The summed E-state index contributed by atoms with van der Waals surface area (Å²) in [6, 6.07) is 6.81. The minimum Gasteiger partial charge on any atom is -0.497 e.